The maximum absolute atomic E-state index is 11.8. The standard InChI is InChI=1S/C23H32N2O14S/c1-9(26)34-15-7-32-21(19(38-13(5)30)17(15)36-11(3)28)24-23(40)25-22-20(39-14(6)31)18(37-12(4)29)16(8-33-22)35-10(2)27/h15-22H,7-8H2,1-6H3,(H2,24,25,40)/t15-,16-,17+,18+,19-,20-,21-,22-/m1/s1. The summed E-state index contributed by atoms with van der Waals surface area (Å²) in [5, 5.41) is 5.32. The minimum Gasteiger partial charge on any atom is -0.456 e. The lowest BCUT2D eigenvalue weighted by molar-refractivity contribution is -0.229. The molecule has 0 bridgehead atoms. The number of rotatable bonds is 8. The van der Waals surface area contributed by atoms with Crippen LogP contribution in [0.15, 0.2) is 0 Å². The molecule has 2 aliphatic rings. The third kappa shape index (κ3) is 9.87. The van der Waals surface area contributed by atoms with Gasteiger partial charge in [-0.05, 0) is 12.2 Å². The van der Waals surface area contributed by atoms with Crippen LogP contribution in [0.25, 0.3) is 0 Å². The van der Waals surface area contributed by atoms with Gasteiger partial charge in [0, 0.05) is 41.5 Å². The van der Waals surface area contributed by atoms with Gasteiger partial charge in [-0.2, -0.15) is 0 Å². The van der Waals surface area contributed by atoms with Gasteiger partial charge in [-0.3, -0.25) is 28.8 Å². The van der Waals surface area contributed by atoms with E-state index in [-0.39, 0.29) is 18.3 Å². The molecular formula is C23H32N2O14S. The maximum Gasteiger partial charge on any atom is 0.303 e. The highest BCUT2D eigenvalue weighted by atomic mass is 32.1. The first-order valence-corrected chi connectivity index (χ1v) is 12.4. The van der Waals surface area contributed by atoms with Gasteiger partial charge in [0.2, 0.25) is 0 Å². The molecule has 2 aliphatic heterocycles. The van der Waals surface area contributed by atoms with Crippen molar-refractivity contribution in [1.82, 2.24) is 10.6 Å². The Hall–Kier alpha value is -3.57. The molecule has 0 unspecified atom stereocenters. The number of ether oxygens (including phenoxy) is 8. The minimum atomic E-state index is -1.32. The summed E-state index contributed by atoms with van der Waals surface area (Å²) in [5.41, 5.74) is 0. The van der Waals surface area contributed by atoms with Crippen molar-refractivity contribution in [3.05, 3.63) is 0 Å². The normalized spacial score (nSPS) is 29.6. The van der Waals surface area contributed by atoms with E-state index >= 15 is 0 Å². The number of hydrogen-bond acceptors (Lipinski definition) is 15. The first kappa shape index (κ1) is 32.6. The van der Waals surface area contributed by atoms with Crippen LogP contribution in [0.3, 0.4) is 0 Å². The van der Waals surface area contributed by atoms with E-state index in [0.717, 1.165) is 41.5 Å². The Morgan fingerprint density at radius 2 is 0.800 bits per heavy atom. The summed E-state index contributed by atoms with van der Waals surface area (Å²) in [4.78, 5) is 70.3. The van der Waals surface area contributed by atoms with Crippen molar-refractivity contribution in [3.63, 3.8) is 0 Å². The van der Waals surface area contributed by atoms with E-state index in [4.69, 9.17) is 50.1 Å². The van der Waals surface area contributed by atoms with Crippen LogP contribution in [-0.4, -0.2) is 103 Å². The maximum atomic E-state index is 11.8. The number of carbonyl (C=O) groups is 6. The first-order chi connectivity index (χ1) is 18.7. The second kappa shape index (κ2) is 14.7. The second-order valence-electron chi connectivity index (χ2n) is 8.72. The second-order valence-corrected chi connectivity index (χ2v) is 9.13. The third-order valence-electron chi connectivity index (χ3n) is 5.25. The van der Waals surface area contributed by atoms with Gasteiger partial charge >= 0.3 is 35.8 Å². The molecule has 2 saturated heterocycles. The van der Waals surface area contributed by atoms with Crippen LogP contribution in [0.4, 0.5) is 0 Å². The highest BCUT2D eigenvalue weighted by molar-refractivity contribution is 7.80. The van der Waals surface area contributed by atoms with Crippen molar-refractivity contribution in [3.8, 4) is 0 Å². The fraction of sp³-hybridized carbons (Fsp3) is 0.696. The SMILES string of the molecule is CC(=O)O[C@@H]1[C@@H](OC(C)=O)[C@H](OC(C)=O)CO[C@H]1NC(=S)N[C@@H]1OC[C@@H](OC(C)=O)[C@H](OC(C)=O)[C@H]1OC(C)=O. The average molecular weight is 593 g/mol. The highest BCUT2D eigenvalue weighted by Gasteiger charge is 2.49. The zero-order chi connectivity index (χ0) is 30.1. The van der Waals surface area contributed by atoms with Crippen molar-refractivity contribution in [2.24, 2.45) is 0 Å². The van der Waals surface area contributed by atoms with Crippen LogP contribution in [-0.2, 0) is 66.7 Å². The van der Waals surface area contributed by atoms with E-state index in [0.29, 0.717) is 0 Å². The highest BCUT2D eigenvalue weighted by Crippen LogP contribution is 2.25. The Morgan fingerprint density at radius 1 is 0.525 bits per heavy atom. The molecular weight excluding hydrogens is 560 g/mol. The predicted molar refractivity (Wildman–Crippen MR) is 132 cm³/mol. The molecule has 40 heavy (non-hydrogen) atoms. The molecule has 2 rings (SSSR count). The van der Waals surface area contributed by atoms with Gasteiger partial charge in [-0.25, -0.2) is 0 Å². The number of hydrogen-bond donors (Lipinski definition) is 2. The van der Waals surface area contributed by atoms with Crippen molar-refractivity contribution in [2.45, 2.75) is 90.6 Å². The van der Waals surface area contributed by atoms with E-state index < -0.39 is 84.9 Å². The summed E-state index contributed by atoms with van der Waals surface area (Å²) in [6, 6.07) is 0. The van der Waals surface area contributed by atoms with Crippen LogP contribution < -0.4 is 10.6 Å². The molecule has 2 N–H and O–H groups in total. The number of nitrogens with one attached hydrogen (secondary N) is 2. The van der Waals surface area contributed by atoms with E-state index in [2.05, 4.69) is 10.6 Å². The monoisotopic (exact) mass is 592 g/mol. The first-order valence-electron chi connectivity index (χ1n) is 12.0. The molecule has 0 radical (unpaired) electrons. The van der Waals surface area contributed by atoms with Gasteiger partial charge in [-0.1, -0.05) is 0 Å². The molecule has 16 nitrogen and oxygen atoms in total. The topological polar surface area (TPSA) is 200 Å². The van der Waals surface area contributed by atoms with Crippen molar-refractivity contribution >= 4 is 53.1 Å². The molecule has 0 aromatic heterocycles. The Bertz CT molecular complexity index is 930. The third-order valence-corrected chi connectivity index (χ3v) is 5.48. The Balaban J connectivity index is 2.26. The Labute approximate surface area is 234 Å². The fourth-order valence-corrected chi connectivity index (χ4v) is 4.26. The van der Waals surface area contributed by atoms with E-state index in [9.17, 15) is 28.8 Å². The van der Waals surface area contributed by atoms with Gasteiger partial charge in [0.15, 0.2) is 54.2 Å². The number of carbonyl (C=O) groups excluding carboxylic acids is 6. The molecule has 17 heteroatoms. The van der Waals surface area contributed by atoms with E-state index in [1.807, 2.05) is 0 Å². The minimum absolute atomic E-state index is 0.177. The van der Waals surface area contributed by atoms with Gasteiger partial charge in [-0.15, -0.1) is 0 Å². The van der Waals surface area contributed by atoms with Crippen LogP contribution in [0, 0.1) is 0 Å². The van der Waals surface area contributed by atoms with Crippen molar-refractivity contribution < 1.29 is 66.7 Å². The molecule has 0 aromatic carbocycles. The van der Waals surface area contributed by atoms with E-state index in [1.54, 1.807) is 0 Å². The zero-order valence-electron chi connectivity index (χ0n) is 22.7. The van der Waals surface area contributed by atoms with Crippen LogP contribution in [0.1, 0.15) is 41.5 Å². The van der Waals surface area contributed by atoms with Crippen LogP contribution >= 0.6 is 12.2 Å². The summed E-state index contributed by atoms with van der Waals surface area (Å²) >= 11 is 5.35. The lowest BCUT2D eigenvalue weighted by Crippen LogP contribution is -2.66. The number of esters is 6. The summed E-state index contributed by atoms with van der Waals surface area (Å²) in [5.74, 6) is -4.36. The molecule has 224 valence electrons. The van der Waals surface area contributed by atoms with Crippen molar-refractivity contribution in [2.75, 3.05) is 13.2 Å². The van der Waals surface area contributed by atoms with Gasteiger partial charge in [0.25, 0.3) is 0 Å². The molecule has 0 saturated carbocycles. The quantitative estimate of drug-likeness (QED) is 0.192. The smallest absolute Gasteiger partial charge is 0.303 e. The molecule has 0 aromatic rings. The molecule has 0 spiro atoms. The van der Waals surface area contributed by atoms with Crippen LogP contribution in [0.2, 0.25) is 0 Å². The Morgan fingerprint density at radius 3 is 1.07 bits per heavy atom. The molecule has 0 amide bonds. The molecule has 0 aliphatic carbocycles. The summed E-state index contributed by atoms with van der Waals surface area (Å²) in [6.07, 6.45) is -9.77. The lowest BCUT2D eigenvalue weighted by Gasteiger charge is -2.42. The molecule has 2 heterocycles. The van der Waals surface area contributed by atoms with Crippen molar-refractivity contribution in [1.29, 1.82) is 0 Å². The van der Waals surface area contributed by atoms with Crippen LogP contribution in [0.5, 0.6) is 0 Å². The lowest BCUT2D eigenvalue weighted by atomic mass is 10.0. The van der Waals surface area contributed by atoms with Gasteiger partial charge in [0.1, 0.15) is 0 Å². The van der Waals surface area contributed by atoms with E-state index in [1.165, 1.54) is 0 Å². The molecule has 2 fully saturated rings. The van der Waals surface area contributed by atoms with Gasteiger partial charge < -0.3 is 48.5 Å². The zero-order valence-corrected chi connectivity index (χ0v) is 23.5. The summed E-state index contributed by atoms with van der Waals surface area (Å²) in [7, 11) is 0. The summed E-state index contributed by atoms with van der Waals surface area (Å²) < 4.78 is 42.9. The summed E-state index contributed by atoms with van der Waals surface area (Å²) in [6.45, 7) is 6.25. The van der Waals surface area contributed by atoms with Gasteiger partial charge in [0.05, 0.1) is 13.2 Å². The largest absolute Gasteiger partial charge is 0.456 e. The average Bonchev–Trinajstić information content (AvgIpc) is 2.79. The number of thiocarbonyl (C=S) groups is 1. The fourth-order valence-electron chi connectivity index (χ4n) is 4.03. The Kier molecular flexibility index (Phi) is 12.0. The predicted octanol–water partition coefficient (Wildman–Crippen LogP) is -1.25. The molecule has 8 atom stereocenters.